The minimum atomic E-state index is -0.691. The van der Waals surface area contributed by atoms with Gasteiger partial charge in [0.25, 0.3) is 5.91 Å². The van der Waals surface area contributed by atoms with Crippen molar-refractivity contribution in [1.29, 1.82) is 0 Å². The number of anilines is 1. The third-order valence-electron chi connectivity index (χ3n) is 12.6. The summed E-state index contributed by atoms with van der Waals surface area (Å²) in [5, 5.41) is 14.0. The Morgan fingerprint density at radius 3 is 2.43 bits per heavy atom. The Kier molecular flexibility index (Phi) is 9.65. The summed E-state index contributed by atoms with van der Waals surface area (Å²) in [5.74, 6) is -0.778. The fourth-order valence-corrected chi connectivity index (χ4v) is 12.6. The molecule has 2 atom stereocenters. The lowest BCUT2D eigenvalue weighted by molar-refractivity contribution is -0.247. The molecule has 60 heavy (non-hydrogen) atoms. The van der Waals surface area contributed by atoms with Crippen LogP contribution in [0.5, 0.6) is 0 Å². The summed E-state index contributed by atoms with van der Waals surface area (Å²) in [6, 6.07) is 23.0. The average molecular weight is 823 g/mol. The van der Waals surface area contributed by atoms with Crippen molar-refractivity contribution in [3.63, 3.8) is 0 Å². The Morgan fingerprint density at radius 2 is 1.68 bits per heavy atom. The Balaban J connectivity index is 1.11. The normalized spacial score (nSPS) is 24.4. The Labute approximate surface area is 353 Å². The fourth-order valence-electron chi connectivity index (χ4n) is 11.8. The van der Waals surface area contributed by atoms with Crippen molar-refractivity contribution in [2.24, 2.45) is 21.4 Å². The molecule has 4 saturated carbocycles. The van der Waals surface area contributed by atoms with Gasteiger partial charge in [0.15, 0.2) is 5.13 Å². The van der Waals surface area contributed by atoms with Gasteiger partial charge in [-0.15, -0.1) is 0 Å². The molecule has 3 aromatic heterocycles. The van der Waals surface area contributed by atoms with E-state index in [2.05, 4.69) is 51.8 Å². The highest BCUT2D eigenvalue weighted by molar-refractivity contribution is 7.22. The first kappa shape index (κ1) is 39.8. The maximum Gasteiger partial charge on any atom is 0.357 e. The number of carbonyl (C=O) groups is 2. The van der Waals surface area contributed by atoms with E-state index in [4.69, 9.17) is 25.1 Å². The van der Waals surface area contributed by atoms with Crippen LogP contribution in [-0.2, 0) is 16.0 Å². The molecule has 13 heteroatoms. The van der Waals surface area contributed by atoms with Crippen molar-refractivity contribution in [2.45, 2.75) is 97.8 Å². The molecule has 308 valence electrons. The van der Waals surface area contributed by atoms with E-state index in [0.717, 1.165) is 82.0 Å². The van der Waals surface area contributed by atoms with Gasteiger partial charge in [0.05, 0.1) is 34.3 Å². The van der Waals surface area contributed by atoms with E-state index in [9.17, 15) is 9.59 Å². The quantitative estimate of drug-likeness (QED) is 0.0448. The van der Waals surface area contributed by atoms with Gasteiger partial charge >= 0.3 is 5.97 Å². The first-order chi connectivity index (χ1) is 28.6. The largest absolute Gasteiger partial charge is 0.455 e. The van der Waals surface area contributed by atoms with Crippen molar-refractivity contribution in [2.75, 3.05) is 18.5 Å². The number of hydrogen-bond donors (Lipinski definition) is 1. The van der Waals surface area contributed by atoms with Crippen LogP contribution in [-0.4, -0.2) is 56.0 Å². The first-order valence-electron chi connectivity index (χ1n) is 20.7. The van der Waals surface area contributed by atoms with E-state index in [0.29, 0.717) is 29.5 Å². The van der Waals surface area contributed by atoms with Crippen LogP contribution >= 0.6 is 11.3 Å². The number of fused-ring (bicyclic) bond motifs is 2. The lowest BCUT2D eigenvalue weighted by Gasteiger charge is -2.69. The molecule has 3 aromatic carbocycles. The van der Waals surface area contributed by atoms with Gasteiger partial charge in [-0.25, -0.2) is 14.8 Å². The zero-order valence-electron chi connectivity index (χ0n) is 35.0. The summed E-state index contributed by atoms with van der Waals surface area (Å²) in [6.45, 7) is 14.0. The number of nitrogens with one attached hydrogen (secondary N) is 1. The summed E-state index contributed by atoms with van der Waals surface area (Å²) in [4.78, 5) is 39.8. The molecule has 6 aromatic rings. The summed E-state index contributed by atoms with van der Waals surface area (Å²) in [6.07, 6.45) is 8.33. The van der Waals surface area contributed by atoms with Crippen molar-refractivity contribution >= 4 is 49.3 Å². The fraction of sp³-hybridized carbons (Fsp3) is 0.426. The standard InChI is InChI=1S/C47H50N8O4S/c1-29-35(21-50-55(29)28-46-23-44(5)22-45(6,24-46)26-47(25-44,27-46)58-18-17-49-54-48)33-19-30-11-9-12-31(40(56)53-42-52-37-13-7-8-16-39(37)60-42)32(30)20-34(33)36-14-10-15-38(51-36)41(57)59-43(2,3)4/h7-16,19-21H,17-18,22-28H2,1-6H3,(H,52,53,56). The molecular weight excluding hydrogens is 773 g/mol. The number of aromatic nitrogens is 4. The van der Waals surface area contributed by atoms with Crippen LogP contribution in [0.15, 0.2) is 84.1 Å². The molecule has 4 aliphatic rings. The summed E-state index contributed by atoms with van der Waals surface area (Å²) < 4.78 is 15.6. The SMILES string of the molecule is Cc1c(-c2cc3cccc(C(=O)Nc4nc5ccccc5s4)c3cc2-c2cccc(C(=O)OC(C)(C)C)n2)cnn1CC12CC3(C)CC(C)(C1)CC(OCCN=[N+]=[N-])(C3)C2. The topological polar surface area (TPSA) is 157 Å². The molecule has 4 fully saturated rings. The number of hydrogen-bond acceptors (Lipinski definition) is 9. The number of pyridine rings is 1. The second kappa shape index (κ2) is 14.5. The molecule has 3 heterocycles. The van der Waals surface area contributed by atoms with Crippen LogP contribution in [0.1, 0.15) is 99.7 Å². The molecule has 2 unspecified atom stereocenters. The maximum absolute atomic E-state index is 14.0. The molecule has 4 bridgehead atoms. The third kappa shape index (κ3) is 7.54. The summed E-state index contributed by atoms with van der Waals surface area (Å²) in [7, 11) is 0. The average Bonchev–Trinajstić information content (AvgIpc) is 3.75. The smallest absolute Gasteiger partial charge is 0.357 e. The second-order valence-corrected chi connectivity index (χ2v) is 20.3. The number of rotatable bonds is 11. The van der Waals surface area contributed by atoms with Gasteiger partial charge in [-0.1, -0.05) is 60.6 Å². The number of para-hydroxylation sites is 1. The number of azide groups is 1. The van der Waals surface area contributed by atoms with Crippen molar-refractivity contribution < 1.29 is 19.1 Å². The van der Waals surface area contributed by atoms with Gasteiger partial charge in [-0.3, -0.25) is 14.8 Å². The monoisotopic (exact) mass is 822 g/mol. The van der Waals surface area contributed by atoms with E-state index in [1.54, 1.807) is 6.07 Å². The minimum Gasteiger partial charge on any atom is -0.455 e. The van der Waals surface area contributed by atoms with E-state index in [-0.39, 0.29) is 33.4 Å². The highest BCUT2D eigenvalue weighted by Gasteiger charge is 2.66. The van der Waals surface area contributed by atoms with Crippen molar-refractivity contribution in [3.05, 3.63) is 106 Å². The molecular formula is C47H50N8O4S. The molecule has 10 rings (SSSR count). The Bertz CT molecular complexity index is 2690. The van der Waals surface area contributed by atoms with E-state index < -0.39 is 11.6 Å². The molecule has 12 nitrogen and oxygen atoms in total. The predicted molar refractivity (Wildman–Crippen MR) is 235 cm³/mol. The number of thiazole rings is 1. The summed E-state index contributed by atoms with van der Waals surface area (Å²) >= 11 is 1.43. The number of benzene rings is 3. The second-order valence-electron chi connectivity index (χ2n) is 19.2. The van der Waals surface area contributed by atoms with Gasteiger partial charge in [0.1, 0.15) is 11.3 Å². The van der Waals surface area contributed by atoms with E-state index in [1.165, 1.54) is 17.8 Å². The highest BCUT2D eigenvalue weighted by Crippen LogP contribution is 2.72. The van der Waals surface area contributed by atoms with Gasteiger partial charge in [0, 0.05) is 40.4 Å². The molecule has 0 radical (unpaired) electrons. The van der Waals surface area contributed by atoms with Crippen LogP contribution in [0.25, 0.3) is 53.8 Å². The number of esters is 1. The molecule has 0 saturated heterocycles. The number of ether oxygens (including phenoxy) is 2. The van der Waals surface area contributed by atoms with Crippen LogP contribution in [0, 0.1) is 23.2 Å². The van der Waals surface area contributed by atoms with Gasteiger partial charge in [0.2, 0.25) is 0 Å². The van der Waals surface area contributed by atoms with Crippen molar-refractivity contribution in [3.8, 4) is 22.4 Å². The van der Waals surface area contributed by atoms with E-state index >= 15 is 0 Å². The molecule has 0 spiro atoms. The highest BCUT2D eigenvalue weighted by atomic mass is 32.1. The van der Waals surface area contributed by atoms with Gasteiger partial charge < -0.3 is 9.47 Å². The predicted octanol–water partition coefficient (Wildman–Crippen LogP) is 11.3. The first-order valence-corrected chi connectivity index (χ1v) is 21.5. The van der Waals surface area contributed by atoms with Crippen LogP contribution in [0.3, 0.4) is 0 Å². The van der Waals surface area contributed by atoms with Gasteiger partial charge in [-0.05, 0) is 147 Å². The van der Waals surface area contributed by atoms with Gasteiger partial charge in [-0.2, -0.15) is 5.10 Å². The summed E-state index contributed by atoms with van der Waals surface area (Å²) in [5.41, 5.74) is 14.0. The van der Waals surface area contributed by atoms with Crippen LogP contribution in [0.4, 0.5) is 5.13 Å². The van der Waals surface area contributed by atoms with E-state index in [1.807, 2.05) is 87.6 Å². The molecule has 4 aliphatic carbocycles. The number of amides is 1. The van der Waals surface area contributed by atoms with Crippen LogP contribution in [0.2, 0.25) is 0 Å². The lowest BCUT2D eigenvalue weighted by Crippen LogP contribution is -2.64. The lowest BCUT2D eigenvalue weighted by atomic mass is 9.39. The third-order valence-corrected chi connectivity index (χ3v) is 13.6. The zero-order chi connectivity index (χ0) is 42.1. The number of nitrogens with zero attached hydrogens (tertiary/aromatic N) is 7. The Morgan fingerprint density at radius 1 is 0.917 bits per heavy atom. The molecule has 1 N–H and O–H groups in total. The number of carbonyl (C=O) groups excluding carboxylic acids is 2. The van der Waals surface area contributed by atoms with Crippen LogP contribution < -0.4 is 5.32 Å². The zero-order valence-corrected chi connectivity index (χ0v) is 35.9. The maximum atomic E-state index is 14.0. The van der Waals surface area contributed by atoms with Crippen molar-refractivity contribution in [1.82, 2.24) is 19.7 Å². The minimum absolute atomic E-state index is 0.00809. The molecule has 0 aliphatic heterocycles. The Hall–Kier alpha value is -5.62. The molecule has 1 amide bonds.